The van der Waals surface area contributed by atoms with Crippen LogP contribution < -0.4 is 10.4 Å². The lowest BCUT2D eigenvalue weighted by Gasteiger charge is -1.89. The van der Waals surface area contributed by atoms with Gasteiger partial charge in [0.25, 0.3) is 0 Å². The van der Waals surface area contributed by atoms with Crippen molar-refractivity contribution in [1.82, 2.24) is 0 Å². The van der Waals surface area contributed by atoms with Gasteiger partial charge in [0.05, 0.1) is 0 Å². The Hall–Kier alpha value is -1.30. The fraction of sp³-hybridized carbons (Fsp3) is 0.286. The summed E-state index contributed by atoms with van der Waals surface area (Å²) in [7, 11) is 0. The Labute approximate surface area is 88.3 Å². The third kappa shape index (κ3) is 4.08. The third-order valence-corrected chi connectivity index (χ3v) is 1.89. The molecule has 0 spiro atoms. The first kappa shape index (κ1) is 15.2. The lowest BCUT2D eigenvalue weighted by molar-refractivity contribution is 1.47. The van der Waals surface area contributed by atoms with Gasteiger partial charge in [-0.25, -0.2) is 0 Å². The molecule has 1 aromatic rings. The summed E-state index contributed by atoms with van der Waals surface area (Å²) in [5.74, 6) is 0. The molecule has 0 saturated heterocycles. The molecular weight excluding hydrogens is 168 g/mol. The molecule has 0 radical (unpaired) electrons. The van der Waals surface area contributed by atoms with E-state index in [1.165, 1.54) is 10.8 Å². The van der Waals surface area contributed by atoms with Crippen LogP contribution in [0.2, 0.25) is 0 Å². The van der Waals surface area contributed by atoms with Crippen molar-refractivity contribution in [2.24, 2.45) is 0 Å². The zero-order valence-electron chi connectivity index (χ0n) is 7.67. The normalized spacial score (nSPS) is 11.6. The van der Waals surface area contributed by atoms with Crippen LogP contribution in [0.15, 0.2) is 35.9 Å². The molecule has 0 atom stereocenters. The van der Waals surface area contributed by atoms with Crippen LogP contribution in [0.4, 0.5) is 0 Å². The molecule has 0 aliphatic heterocycles. The predicted molar refractivity (Wildman–Crippen MR) is 68.6 cm³/mol. The number of hydrogen-bond donors (Lipinski definition) is 0. The van der Waals surface area contributed by atoms with Gasteiger partial charge in [-0.05, 0) is 24.3 Å². The van der Waals surface area contributed by atoms with Crippen molar-refractivity contribution >= 4 is 12.7 Å². The van der Waals surface area contributed by atoms with E-state index in [1.807, 2.05) is 25.1 Å². The molecule has 0 aliphatic carbocycles. The molecule has 0 N–H and O–H groups in total. The maximum atomic E-state index is 3.95. The Morgan fingerprint density at radius 2 is 1.79 bits per heavy atom. The number of allylic oxidation sites excluding steroid dienone is 2. The van der Waals surface area contributed by atoms with Crippen molar-refractivity contribution in [1.29, 1.82) is 0 Å². The Balaban J connectivity index is 0. The van der Waals surface area contributed by atoms with Gasteiger partial charge in [0.2, 0.25) is 0 Å². The summed E-state index contributed by atoms with van der Waals surface area (Å²) in [5, 5.41) is 2.28. The van der Waals surface area contributed by atoms with Gasteiger partial charge < -0.3 is 0 Å². The molecule has 0 heteroatoms. The third-order valence-electron chi connectivity index (χ3n) is 1.89. The van der Waals surface area contributed by atoms with Crippen LogP contribution >= 0.6 is 0 Å². The van der Waals surface area contributed by atoms with Gasteiger partial charge in [-0.15, -0.1) is 0 Å². The van der Waals surface area contributed by atoms with E-state index in [0.717, 1.165) is 5.22 Å². The molecule has 0 heterocycles. The number of rotatable bonds is 1. The van der Waals surface area contributed by atoms with E-state index in [2.05, 4.69) is 31.7 Å². The fourth-order valence-corrected chi connectivity index (χ4v) is 1.00. The number of benzene rings is 1. The van der Waals surface area contributed by atoms with Crippen molar-refractivity contribution in [2.75, 3.05) is 0 Å². The second-order valence-electron chi connectivity index (χ2n) is 2.88. The summed E-state index contributed by atoms with van der Waals surface area (Å²) in [5.41, 5.74) is 1.27. The lowest BCUT2D eigenvalue weighted by Crippen LogP contribution is -2.21. The molecule has 0 fully saturated rings. The second kappa shape index (κ2) is 7.14. The number of hydrogen-bond acceptors (Lipinski definition) is 0. The lowest BCUT2D eigenvalue weighted by atomic mass is 10.2. The maximum absolute atomic E-state index is 3.95. The van der Waals surface area contributed by atoms with Gasteiger partial charge in [-0.3, -0.25) is 0 Å². The predicted octanol–water partition coefficient (Wildman–Crippen LogP) is 3.12. The summed E-state index contributed by atoms with van der Waals surface area (Å²) in [6.45, 7) is 8.08. The van der Waals surface area contributed by atoms with E-state index in [0.29, 0.717) is 0 Å². The van der Waals surface area contributed by atoms with Crippen LogP contribution in [0, 0.1) is 0 Å². The Morgan fingerprint density at radius 1 is 1.21 bits per heavy atom. The van der Waals surface area contributed by atoms with Crippen molar-refractivity contribution in [3.63, 3.8) is 0 Å². The van der Waals surface area contributed by atoms with Gasteiger partial charge in [0, 0.05) is 0 Å². The molecule has 0 nitrogen and oxygen atoms in total. The van der Waals surface area contributed by atoms with Crippen molar-refractivity contribution in [3.8, 4) is 0 Å². The van der Waals surface area contributed by atoms with E-state index < -0.39 is 0 Å². The SMILES string of the molecule is C.C.C=c1cccc/c1=C/C(C)=C\C. The van der Waals surface area contributed by atoms with Crippen LogP contribution in [0.3, 0.4) is 0 Å². The van der Waals surface area contributed by atoms with E-state index in [9.17, 15) is 0 Å². The van der Waals surface area contributed by atoms with E-state index in [4.69, 9.17) is 0 Å². The van der Waals surface area contributed by atoms with Gasteiger partial charge in [0.15, 0.2) is 0 Å². The molecule has 0 aliphatic rings. The van der Waals surface area contributed by atoms with Gasteiger partial charge >= 0.3 is 0 Å². The molecule has 0 bridgehead atoms. The zero-order chi connectivity index (χ0) is 8.97. The second-order valence-corrected chi connectivity index (χ2v) is 2.88. The van der Waals surface area contributed by atoms with Crippen LogP contribution in [0.25, 0.3) is 12.7 Å². The van der Waals surface area contributed by atoms with Gasteiger partial charge in [-0.1, -0.05) is 63.4 Å². The summed E-state index contributed by atoms with van der Waals surface area (Å²) in [4.78, 5) is 0. The van der Waals surface area contributed by atoms with Crippen molar-refractivity contribution in [3.05, 3.63) is 46.4 Å². The quantitative estimate of drug-likeness (QED) is 0.638. The van der Waals surface area contributed by atoms with Crippen molar-refractivity contribution in [2.45, 2.75) is 28.7 Å². The highest BCUT2D eigenvalue weighted by Crippen LogP contribution is 1.90. The van der Waals surface area contributed by atoms with Crippen LogP contribution in [-0.4, -0.2) is 0 Å². The Morgan fingerprint density at radius 3 is 2.29 bits per heavy atom. The summed E-state index contributed by atoms with van der Waals surface area (Å²) in [6.07, 6.45) is 4.23. The summed E-state index contributed by atoms with van der Waals surface area (Å²) < 4.78 is 0. The first-order valence-corrected chi connectivity index (χ1v) is 4.12. The minimum atomic E-state index is 0. The first-order valence-electron chi connectivity index (χ1n) is 4.12. The average Bonchev–Trinajstić information content (AvgIpc) is 2.09. The topological polar surface area (TPSA) is 0 Å². The molecule has 0 amide bonds. The van der Waals surface area contributed by atoms with Crippen LogP contribution in [0.1, 0.15) is 28.7 Å². The highest BCUT2D eigenvalue weighted by molar-refractivity contribution is 5.45. The minimum Gasteiger partial charge on any atom is -0.0912 e. The largest absolute Gasteiger partial charge is 0.0912 e. The Kier molecular flexibility index (Phi) is 7.74. The Bertz CT molecular complexity index is 383. The van der Waals surface area contributed by atoms with E-state index in [-0.39, 0.29) is 14.9 Å². The van der Waals surface area contributed by atoms with Crippen LogP contribution in [-0.2, 0) is 0 Å². The highest BCUT2D eigenvalue weighted by Gasteiger charge is 1.81. The van der Waals surface area contributed by atoms with Gasteiger partial charge in [0.1, 0.15) is 0 Å². The molecule has 78 valence electrons. The van der Waals surface area contributed by atoms with Crippen molar-refractivity contribution < 1.29 is 0 Å². The molecule has 14 heavy (non-hydrogen) atoms. The zero-order valence-corrected chi connectivity index (χ0v) is 7.67. The standard InChI is InChI=1S/C12H14.2CH4/c1-4-10(2)9-12-8-6-5-7-11(12)3;;/h4-9H,3H2,1-2H3;2*1H4/b10-4-,12-9-;;. The first-order chi connectivity index (χ1) is 5.74. The molecule has 0 aromatic heterocycles. The molecule has 1 aromatic carbocycles. The van der Waals surface area contributed by atoms with Crippen LogP contribution in [0.5, 0.6) is 0 Å². The molecule has 1 rings (SSSR count). The average molecular weight is 190 g/mol. The van der Waals surface area contributed by atoms with Gasteiger partial charge in [-0.2, -0.15) is 0 Å². The highest BCUT2D eigenvalue weighted by atomic mass is 13.9. The summed E-state index contributed by atoms with van der Waals surface area (Å²) >= 11 is 0. The fourth-order valence-electron chi connectivity index (χ4n) is 1.00. The summed E-state index contributed by atoms with van der Waals surface area (Å²) in [6, 6.07) is 8.14. The molecular formula is C14H22. The van der Waals surface area contributed by atoms with E-state index >= 15 is 0 Å². The van der Waals surface area contributed by atoms with E-state index in [1.54, 1.807) is 0 Å². The molecule has 0 saturated carbocycles. The maximum Gasteiger partial charge on any atom is -0.0187 e. The molecule has 0 unspecified atom stereocenters. The minimum absolute atomic E-state index is 0. The monoisotopic (exact) mass is 190 g/mol. The smallest absolute Gasteiger partial charge is 0.0187 e.